The lowest BCUT2D eigenvalue weighted by Crippen LogP contribution is -2.36. The molecule has 6 rings (SSSR count). The fourth-order valence-corrected chi connectivity index (χ4v) is 4.50. The zero-order valence-corrected chi connectivity index (χ0v) is 19.6. The Hall–Kier alpha value is -3.78. The van der Waals surface area contributed by atoms with Gasteiger partial charge in [-0.05, 0) is 50.6 Å². The normalized spacial score (nSPS) is 14.9. The van der Waals surface area contributed by atoms with Crippen molar-refractivity contribution in [1.29, 1.82) is 0 Å². The molecule has 5 aromatic rings. The molecule has 4 aromatic heterocycles. The number of benzene rings is 1. The van der Waals surface area contributed by atoms with E-state index in [9.17, 15) is 0 Å². The van der Waals surface area contributed by atoms with Crippen LogP contribution in [0.5, 0.6) is 0 Å². The maximum Gasteiger partial charge on any atom is 0.156 e. The Morgan fingerprint density at radius 2 is 1.82 bits per heavy atom. The highest BCUT2D eigenvalue weighted by Gasteiger charge is 2.18. The van der Waals surface area contributed by atoms with Crippen LogP contribution in [0.15, 0.2) is 55.2 Å². The van der Waals surface area contributed by atoms with E-state index in [1.54, 1.807) is 0 Å². The molecule has 0 radical (unpaired) electrons. The minimum atomic E-state index is -0.0555. The van der Waals surface area contributed by atoms with Gasteiger partial charge in [0.15, 0.2) is 5.65 Å². The van der Waals surface area contributed by atoms with Gasteiger partial charge >= 0.3 is 0 Å². The molecule has 0 unspecified atom stereocenters. The summed E-state index contributed by atoms with van der Waals surface area (Å²) in [4.78, 5) is 24.4. The van der Waals surface area contributed by atoms with Crippen molar-refractivity contribution in [3.63, 3.8) is 0 Å². The number of hydrogen-bond acceptors (Lipinski definition) is 6. The highest BCUT2D eigenvalue weighted by molar-refractivity contribution is 5.94. The topological polar surface area (TPSA) is 84.8 Å². The predicted molar refractivity (Wildman–Crippen MR) is 134 cm³/mol. The third-order valence-electron chi connectivity index (χ3n) is 6.34. The SMILES string of the molecule is CC(C)(C)n1cnc2ccc(-c3c[nH]c4ncc(-c5ccnc(N6CCOCC6)c5)nc34)cc21. The third-order valence-corrected chi connectivity index (χ3v) is 6.34. The summed E-state index contributed by atoms with van der Waals surface area (Å²) in [7, 11) is 0. The van der Waals surface area contributed by atoms with Crippen molar-refractivity contribution < 1.29 is 4.74 Å². The molecule has 1 N–H and O–H groups in total. The van der Waals surface area contributed by atoms with Crippen molar-refractivity contribution >= 4 is 28.0 Å². The van der Waals surface area contributed by atoms with Crippen molar-refractivity contribution in [3.8, 4) is 22.4 Å². The first-order chi connectivity index (χ1) is 16.5. The summed E-state index contributed by atoms with van der Waals surface area (Å²) in [6.45, 7) is 9.69. The van der Waals surface area contributed by atoms with Crippen LogP contribution in [-0.4, -0.2) is 55.8 Å². The standard InChI is InChI=1S/C26H27N7O/c1-26(2,3)33-16-30-20-5-4-17(12-22(20)33)19-14-28-25-24(19)31-21(15-29-25)18-6-7-27-23(13-18)32-8-10-34-11-9-32/h4-7,12-16H,8-11H2,1-3H3,(H,28,29). The van der Waals surface area contributed by atoms with Crippen molar-refractivity contribution in [3.05, 3.63) is 55.2 Å². The molecule has 8 nitrogen and oxygen atoms in total. The number of rotatable bonds is 3. The summed E-state index contributed by atoms with van der Waals surface area (Å²) in [5, 5.41) is 0. The number of nitrogens with zero attached hydrogens (tertiary/aromatic N) is 6. The van der Waals surface area contributed by atoms with E-state index in [2.05, 4.69) is 74.4 Å². The van der Waals surface area contributed by atoms with E-state index in [1.165, 1.54) is 0 Å². The molecule has 1 saturated heterocycles. The number of pyridine rings is 1. The quantitative estimate of drug-likeness (QED) is 0.429. The van der Waals surface area contributed by atoms with Gasteiger partial charge in [-0.25, -0.2) is 19.9 Å². The van der Waals surface area contributed by atoms with E-state index in [0.717, 1.165) is 76.7 Å². The highest BCUT2D eigenvalue weighted by Crippen LogP contribution is 2.32. The summed E-state index contributed by atoms with van der Waals surface area (Å²) in [5.74, 6) is 0.942. The van der Waals surface area contributed by atoms with Gasteiger partial charge in [-0.3, -0.25) is 0 Å². The fourth-order valence-electron chi connectivity index (χ4n) is 4.50. The molecule has 0 bridgehead atoms. The molecule has 0 amide bonds. The van der Waals surface area contributed by atoms with Crippen molar-refractivity contribution in [2.75, 3.05) is 31.2 Å². The molecule has 1 aliphatic heterocycles. The number of hydrogen-bond donors (Lipinski definition) is 1. The Morgan fingerprint density at radius 3 is 2.65 bits per heavy atom. The molecule has 0 atom stereocenters. The molecular weight excluding hydrogens is 426 g/mol. The van der Waals surface area contributed by atoms with E-state index in [0.29, 0.717) is 0 Å². The summed E-state index contributed by atoms with van der Waals surface area (Å²) in [5.41, 5.74) is 7.58. The van der Waals surface area contributed by atoms with Crippen LogP contribution >= 0.6 is 0 Å². The van der Waals surface area contributed by atoms with Gasteiger partial charge in [-0.15, -0.1) is 0 Å². The number of H-pyrrole nitrogens is 1. The smallest absolute Gasteiger partial charge is 0.156 e. The van der Waals surface area contributed by atoms with Gasteiger partial charge in [0.05, 0.1) is 42.5 Å². The second-order valence-corrected chi connectivity index (χ2v) is 9.65. The van der Waals surface area contributed by atoms with Gasteiger partial charge in [0.25, 0.3) is 0 Å². The van der Waals surface area contributed by atoms with Crippen LogP contribution in [0, 0.1) is 0 Å². The van der Waals surface area contributed by atoms with Gasteiger partial charge in [0.1, 0.15) is 11.3 Å². The number of anilines is 1. The first kappa shape index (κ1) is 20.8. The maximum absolute atomic E-state index is 5.48. The van der Waals surface area contributed by atoms with Crippen LogP contribution in [0.2, 0.25) is 0 Å². The minimum absolute atomic E-state index is 0.0555. The van der Waals surface area contributed by atoms with Crippen LogP contribution in [0.1, 0.15) is 20.8 Å². The lowest BCUT2D eigenvalue weighted by atomic mass is 10.1. The monoisotopic (exact) mass is 453 g/mol. The number of ether oxygens (including phenoxy) is 1. The van der Waals surface area contributed by atoms with E-state index in [4.69, 9.17) is 9.72 Å². The summed E-state index contributed by atoms with van der Waals surface area (Å²) < 4.78 is 7.69. The Kier molecular flexibility index (Phi) is 4.84. The van der Waals surface area contributed by atoms with E-state index in [1.807, 2.05) is 31.0 Å². The lowest BCUT2D eigenvalue weighted by molar-refractivity contribution is 0.122. The number of aromatic nitrogens is 6. The molecule has 1 aromatic carbocycles. The van der Waals surface area contributed by atoms with E-state index in [-0.39, 0.29) is 5.54 Å². The average Bonchev–Trinajstić information content (AvgIpc) is 3.48. The first-order valence-corrected chi connectivity index (χ1v) is 11.6. The molecule has 172 valence electrons. The third kappa shape index (κ3) is 3.60. The van der Waals surface area contributed by atoms with Crippen molar-refractivity contribution in [2.24, 2.45) is 0 Å². The Bertz CT molecular complexity index is 1490. The van der Waals surface area contributed by atoms with Crippen LogP contribution in [0.25, 0.3) is 44.6 Å². The maximum atomic E-state index is 5.48. The molecule has 0 saturated carbocycles. The number of morpholine rings is 1. The second kappa shape index (κ2) is 7.92. The predicted octanol–water partition coefficient (Wildman–Crippen LogP) is 4.63. The lowest BCUT2D eigenvalue weighted by Gasteiger charge is -2.27. The minimum Gasteiger partial charge on any atom is -0.378 e. The van der Waals surface area contributed by atoms with Gasteiger partial charge in [0.2, 0.25) is 0 Å². The molecule has 5 heterocycles. The van der Waals surface area contributed by atoms with Gasteiger partial charge < -0.3 is 19.2 Å². The van der Waals surface area contributed by atoms with Crippen LogP contribution in [-0.2, 0) is 10.3 Å². The first-order valence-electron chi connectivity index (χ1n) is 11.6. The van der Waals surface area contributed by atoms with Crippen LogP contribution < -0.4 is 4.90 Å². The van der Waals surface area contributed by atoms with Gasteiger partial charge in [-0.2, -0.15) is 0 Å². The highest BCUT2D eigenvalue weighted by atomic mass is 16.5. The molecular formula is C26H27N7O. The van der Waals surface area contributed by atoms with Gasteiger partial charge in [0, 0.05) is 42.1 Å². The largest absolute Gasteiger partial charge is 0.378 e. The van der Waals surface area contributed by atoms with E-state index >= 15 is 0 Å². The zero-order valence-electron chi connectivity index (χ0n) is 19.6. The summed E-state index contributed by atoms with van der Waals surface area (Å²) in [6.07, 6.45) is 7.56. The molecule has 34 heavy (non-hydrogen) atoms. The molecule has 0 aliphatic carbocycles. The Balaban J connectivity index is 1.42. The second-order valence-electron chi connectivity index (χ2n) is 9.65. The van der Waals surface area contributed by atoms with Crippen LogP contribution in [0.4, 0.5) is 5.82 Å². The average molecular weight is 454 g/mol. The molecule has 8 heteroatoms. The number of fused-ring (bicyclic) bond motifs is 2. The number of aromatic amines is 1. The van der Waals surface area contributed by atoms with Crippen molar-refractivity contribution in [2.45, 2.75) is 26.3 Å². The summed E-state index contributed by atoms with van der Waals surface area (Å²) >= 11 is 0. The molecule has 1 fully saturated rings. The van der Waals surface area contributed by atoms with Crippen molar-refractivity contribution in [1.82, 2.24) is 29.5 Å². The van der Waals surface area contributed by atoms with Gasteiger partial charge in [-0.1, -0.05) is 6.07 Å². The van der Waals surface area contributed by atoms with E-state index < -0.39 is 0 Å². The Morgan fingerprint density at radius 1 is 0.971 bits per heavy atom. The number of imidazole rings is 1. The molecule has 0 spiro atoms. The fraction of sp³-hybridized carbons (Fsp3) is 0.308. The number of nitrogens with one attached hydrogen (secondary N) is 1. The zero-order chi connectivity index (χ0) is 23.3. The summed E-state index contributed by atoms with van der Waals surface area (Å²) in [6, 6.07) is 10.4. The molecule has 1 aliphatic rings. The Labute approximate surface area is 197 Å². The van der Waals surface area contributed by atoms with Crippen LogP contribution in [0.3, 0.4) is 0 Å².